The quantitative estimate of drug-likeness (QED) is 0.605. The predicted molar refractivity (Wildman–Crippen MR) is 50.2 cm³/mol. The van der Waals surface area contributed by atoms with Crippen LogP contribution >= 0.6 is 0 Å². The molecule has 0 fully saturated rings. The zero-order valence-electron chi connectivity index (χ0n) is 6.57. The maximum atomic E-state index is 5.59. The number of amidine groups is 1. The molecule has 1 aliphatic rings. The lowest BCUT2D eigenvalue weighted by Crippen LogP contribution is -2.13. The van der Waals surface area contributed by atoms with E-state index in [0.717, 1.165) is 11.3 Å². The Morgan fingerprint density at radius 3 is 3.00 bits per heavy atom. The fourth-order valence-corrected chi connectivity index (χ4v) is 1.13. The number of nitrogens with zero attached hydrogens (tertiary/aromatic N) is 2. The Kier molecular flexibility index (Phi) is 1.63. The molecule has 3 heteroatoms. The lowest BCUT2D eigenvalue weighted by Gasteiger charge is -1.96. The van der Waals surface area contributed by atoms with Gasteiger partial charge in [0.05, 0.1) is 12.2 Å². The van der Waals surface area contributed by atoms with Crippen LogP contribution in [0.5, 0.6) is 0 Å². The van der Waals surface area contributed by atoms with Crippen LogP contribution in [0.4, 0.5) is 5.69 Å². The van der Waals surface area contributed by atoms with Crippen molar-refractivity contribution in [1.82, 2.24) is 0 Å². The molecule has 0 saturated carbocycles. The smallest absolute Gasteiger partial charge is 0.121 e. The molecule has 0 bridgehead atoms. The summed E-state index contributed by atoms with van der Waals surface area (Å²) in [5.41, 5.74) is 7.51. The van der Waals surface area contributed by atoms with Crippen LogP contribution in [0.2, 0.25) is 0 Å². The van der Waals surface area contributed by atoms with E-state index in [1.165, 1.54) is 0 Å². The first-order valence-corrected chi connectivity index (χ1v) is 3.78. The van der Waals surface area contributed by atoms with Gasteiger partial charge in [0.15, 0.2) is 0 Å². The number of benzene rings is 1. The van der Waals surface area contributed by atoms with Gasteiger partial charge >= 0.3 is 0 Å². The molecule has 0 unspecified atom stereocenters. The van der Waals surface area contributed by atoms with E-state index >= 15 is 0 Å². The van der Waals surface area contributed by atoms with Crippen LogP contribution < -0.4 is 5.73 Å². The van der Waals surface area contributed by atoms with E-state index < -0.39 is 0 Å². The van der Waals surface area contributed by atoms with Crippen LogP contribution in [0, 0.1) is 0 Å². The van der Waals surface area contributed by atoms with Crippen molar-refractivity contribution < 1.29 is 0 Å². The highest BCUT2D eigenvalue weighted by molar-refractivity contribution is 5.95. The Hall–Kier alpha value is -1.64. The minimum Gasteiger partial charge on any atom is -0.386 e. The van der Waals surface area contributed by atoms with E-state index in [9.17, 15) is 0 Å². The van der Waals surface area contributed by atoms with E-state index in [0.29, 0.717) is 12.4 Å². The van der Waals surface area contributed by atoms with Crippen molar-refractivity contribution in [3.8, 4) is 0 Å². The highest BCUT2D eigenvalue weighted by Crippen LogP contribution is 2.17. The Bertz CT molecular complexity index is 353. The molecular weight excluding hydrogens is 150 g/mol. The molecule has 0 saturated heterocycles. The third-order valence-corrected chi connectivity index (χ3v) is 1.68. The normalized spacial score (nSPS) is 14.8. The van der Waals surface area contributed by atoms with Gasteiger partial charge < -0.3 is 5.73 Å². The molecule has 1 aromatic carbocycles. The second-order valence-corrected chi connectivity index (χ2v) is 2.63. The molecule has 60 valence electrons. The standard InChI is InChI=1S/C9H9N3/c10-9-6-11-5-7-3-1-2-4-8(7)12-9/h1-5H,6H2,(H2,10,12). The maximum absolute atomic E-state index is 5.59. The Morgan fingerprint density at radius 2 is 2.08 bits per heavy atom. The van der Waals surface area contributed by atoms with E-state index in [-0.39, 0.29) is 0 Å². The van der Waals surface area contributed by atoms with Gasteiger partial charge in [-0.25, -0.2) is 4.99 Å². The van der Waals surface area contributed by atoms with Gasteiger partial charge in [-0.05, 0) is 6.07 Å². The molecule has 0 amide bonds. The fourth-order valence-electron chi connectivity index (χ4n) is 1.13. The van der Waals surface area contributed by atoms with Crippen molar-refractivity contribution in [1.29, 1.82) is 0 Å². The summed E-state index contributed by atoms with van der Waals surface area (Å²) in [4.78, 5) is 8.32. The highest BCUT2D eigenvalue weighted by atomic mass is 14.9. The second-order valence-electron chi connectivity index (χ2n) is 2.63. The SMILES string of the molecule is NC1=Nc2ccccc2C=NC1. The van der Waals surface area contributed by atoms with E-state index in [4.69, 9.17) is 5.73 Å². The number of hydrogen-bond donors (Lipinski definition) is 1. The largest absolute Gasteiger partial charge is 0.386 e. The van der Waals surface area contributed by atoms with Crippen LogP contribution in [-0.4, -0.2) is 18.6 Å². The summed E-state index contributed by atoms with van der Waals surface area (Å²) in [5.74, 6) is 0.566. The summed E-state index contributed by atoms with van der Waals surface area (Å²) in [6, 6.07) is 7.80. The number of aliphatic imine (C=N–C) groups is 2. The van der Waals surface area contributed by atoms with Crippen molar-refractivity contribution in [2.75, 3.05) is 6.54 Å². The molecule has 12 heavy (non-hydrogen) atoms. The van der Waals surface area contributed by atoms with Crippen LogP contribution in [0.25, 0.3) is 0 Å². The van der Waals surface area contributed by atoms with Crippen LogP contribution in [0.15, 0.2) is 34.3 Å². The average molecular weight is 159 g/mol. The lowest BCUT2D eigenvalue weighted by atomic mass is 10.2. The number of nitrogens with two attached hydrogens (primary N) is 1. The van der Waals surface area contributed by atoms with Crippen molar-refractivity contribution in [3.63, 3.8) is 0 Å². The number of fused-ring (bicyclic) bond motifs is 1. The second kappa shape index (κ2) is 2.77. The number of hydrogen-bond acceptors (Lipinski definition) is 3. The van der Waals surface area contributed by atoms with Crippen LogP contribution in [0.1, 0.15) is 5.56 Å². The van der Waals surface area contributed by atoms with Gasteiger partial charge in [-0.2, -0.15) is 0 Å². The molecule has 0 spiro atoms. The van der Waals surface area contributed by atoms with E-state index in [2.05, 4.69) is 9.98 Å². The summed E-state index contributed by atoms with van der Waals surface area (Å²) in [6.45, 7) is 0.495. The topological polar surface area (TPSA) is 50.7 Å². The molecule has 0 aliphatic carbocycles. The molecule has 0 atom stereocenters. The molecule has 0 aromatic heterocycles. The summed E-state index contributed by atoms with van der Waals surface area (Å²) in [5, 5.41) is 0. The van der Waals surface area contributed by atoms with Gasteiger partial charge in [0.2, 0.25) is 0 Å². The van der Waals surface area contributed by atoms with E-state index in [1.807, 2.05) is 24.3 Å². The maximum Gasteiger partial charge on any atom is 0.121 e. The first-order valence-electron chi connectivity index (χ1n) is 3.78. The van der Waals surface area contributed by atoms with Crippen molar-refractivity contribution in [3.05, 3.63) is 29.8 Å². The van der Waals surface area contributed by atoms with Gasteiger partial charge in [0, 0.05) is 11.8 Å². The van der Waals surface area contributed by atoms with Gasteiger partial charge in [-0.3, -0.25) is 4.99 Å². The Morgan fingerprint density at radius 1 is 1.25 bits per heavy atom. The first-order chi connectivity index (χ1) is 5.86. The molecule has 1 aromatic rings. The summed E-state index contributed by atoms with van der Waals surface area (Å²) >= 11 is 0. The molecule has 1 aliphatic heterocycles. The Labute approximate surface area is 70.7 Å². The number of para-hydroxylation sites is 1. The third-order valence-electron chi connectivity index (χ3n) is 1.68. The predicted octanol–water partition coefficient (Wildman–Crippen LogP) is 1.11. The molecule has 2 N–H and O–H groups in total. The van der Waals surface area contributed by atoms with Gasteiger partial charge in [0.1, 0.15) is 5.84 Å². The minimum absolute atomic E-state index is 0.495. The lowest BCUT2D eigenvalue weighted by molar-refractivity contribution is 1.28. The van der Waals surface area contributed by atoms with Crippen molar-refractivity contribution in [2.45, 2.75) is 0 Å². The van der Waals surface area contributed by atoms with Gasteiger partial charge in [-0.1, -0.05) is 18.2 Å². The van der Waals surface area contributed by atoms with E-state index in [1.54, 1.807) is 6.21 Å². The summed E-state index contributed by atoms with van der Waals surface area (Å²) in [6.07, 6.45) is 1.80. The monoisotopic (exact) mass is 159 g/mol. The van der Waals surface area contributed by atoms with Crippen LogP contribution in [-0.2, 0) is 0 Å². The molecule has 3 nitrogen and oxygen atoms in total. The molecule has 1 heterocycles. The zero-order chi connectivity index (χ0) is 8.39. The van der Waals surface area contributed by atoms with Crippen molar-refractivity contribution in [2.24, 2.45) is 15.7 Å². The molecular formula is C9H9N3. The summed E-state index contributed by atoms with van der Waals surface area (Å²) < 4.78 is 0. The van der Waals surface area contributed by atoms with Crippen LogP contribution in [0.3, 0.4) is 0 Å². The summed E-state index contributed by atoms with van der Waals surface area (Å²) in [7, 11) is 0. The van der Waals surface area contributed by atoms with Gasteiger partial charge in [0.25, 0.3) is 0 Å². The average Bonchev–Trinajstić information content (AvgIpc) is 2.25. The fraction of sp³-hybridized carbons (Fsp3) is 0.111. The Balaban J connectivity index is 2.58. The number of rotatable bonds is 0. The molecule has 0 radical (unpaired) electrons. The highest BCUT2D eigenvalue weighted by Gasteiger charge is 2.01. The molecule has 2 rings (SSSR count). The van der Waals surface area contributed by atoms with Crippen molar-refractivity contribution >= 4 is 17.7 Å². The minimum atomic E-state index is 0.495. The zero-order valence-corrected chi connectivity index (χ0v) is 6.57. The third kappa shape index (κ3) is 1.21. The first kappa shape index (κ1) is 7.03. The van der Waals surface area contributed by atoms with Gasteiger partial charge in [-0.15, -0.1) is 0 Å².